The van der Waals surface area contributed by atoms with Crippen LogP contribution in [0.25, 0.3) is 0 Å². The summed E-state index contributed by atoms with van der Waals surface area (Å²) in [4.78, 5) is 4.53. The Bertz CT molecular complexity index is 428. The maximum atomic E-state index is 5.65. The molecule has 0 heterocycles. The second-order valence-electron chi connectivity index (χ2n) is 5.67. The maximum absolute atomic E-state index is 5.65. The third-order valence-corrected chi connectivity index (χ3v) is 2.92. The summed E-state index contributed by atoms with van der Waals surface area (Å²) in [7, 11) is 0. The molecule has 0 saturated heterocycles. The zero-order chi connectivity index (χ0) is 16.8. The highest BCUT2D eigenvalue weighted by Gasteiger charge is 1.98. The van der Waals surface area contributed by atoms with Gasteiger partial charge in [-0.3, -0.25) is 4.99 Å². The van der Waals surface area contributed by atoms with Crippen LogP contribution in [0.3, 0.4) is 0 Å². The highest BCUT2D eigenvalue weighted by atomic mass is 127. The van der Waals surface area contributed by atoms with Crippen LogP contribution in [0.15, 0.2) is 35.3 Å². The number of aliphatic imine (C=N–C) groups is 1. The Morgan fingerprint density at radius 2 is 1.88 bits per heavy atom. The lowest BCUT2D eigenvalue weighted by Gasteiger charge is -2.12. The van der Waals surface area contributed by atoms with Gasteiger partial charge >= 0.3 is 0 Å². The Morgan fingerprint density at radius 3 is 2.54 bits per heavy atom. The summed E-state index contributed by atoms with van der Waals surface area (Å²) in [5, 5.41) is 6.51. The summed E-state index contributed by atoms with van der Waals surface area (Å²) in [5.41, 5.74) is 0. The number of nitrogens with one attached hydrogen (secondary N) is 2. The van der Waals surface area contributed by atoms with E-state index >= 15 is 0 Å². The van der Waals surface area contributed by atoms with Gasteiger partial charge in [-0.2, -0.15) is 0 Å². The van der Waals surface area contributed by atoms with Crippen molar-refractivity contribution in [3.63, 3.8) is 0 Å². The molecule has 0 aliphatic heterocycles. The molecule has 0 unspecified atom stereocenters. The van der Waals surface area contributed by atoms with E-state index in [2.05, 4.69) is 36.4 Å². The van der Waals surface area contributed by atoms with Crippen molar-refractivity contribution >= 4 is 29.9 Å². The number of ether oxygens (including phenoxy) is 2. The first kappa shape index (κ1) is 23.0. The summed E-state index contributed by atoms with van der Waals surface area (Å²) in [6.45, 7) is 10.9. The van der Waals surface area contributed by atoms with Gasteiger partial charge in [-0.15, -0.1) is 24.0 Å². The van der Waals surface area contributed by atoms with Gasteiger partial charge in [-0.05, 0) is 31.4 Å². The average Bonchev–Trinajstić information content (AvgIpc) is 2.55. The fourth-order valence-corrected chi connectivity index (χ4v) is 1.87. The summed E-state index contributed by atoms with van der Waals surface area (Å²) < 4.78 is 11.2. The van der Waals surface area contributed by atoms with Crippen molar-refractivity contribution in [2.24, 2.45) is 10.9 Å². The van der Waals surface area contributed by atoms with Crippen molar-refractivity contribution in [3.05, 3.63) is 30.3 Å². The zero-order valence-corrected chi connectivity index (χ0v) is 17.4. The maximum Gasteiger partial charge on any atom is 0.191 e. The molecule has 0 atom stereocenters. The topological polar surface area (TPSA) is 54.9 Å². The van der Waals surface area contributed by atoms with E-state index in [0.29, 0.717) is 19.1 Å². The second-order valence-corrected chi connectivity index (χ2v) is 5.67. The van der Waals surface area contributed by atoms with Gasteiger partial charge < -0.3 is 20.1 Å². The zero-order valence-electron chi connectivity index (χ0n) is 15.1. The quantitative estimate of drug-likeness (QED) is 0.236. The number of hydrogen-bond donors (Lipinski definition) is 2. The van der Waals surface area contributed by atoms with Crippen LogP contribution in [-0.4, -0.2) is 45.4 Å². The Morgan fingerprint density at radius 1 is 1.12 bits per heavy atom. The summed E-state index contributed by atoms with van der Waals surface area (Å²) in [6, 6.07) is 9.82. The SMILES string of the molecule is CCNC(=NCCCOCC(C)C)NCCOc1ccccc1.I. The first-order valence-corrected chi connectivity index (χ1v) is 8.50. The van der Waals surface area contributed by atoms with Gasteiger partial charge in [0.15, 0.2) is 5.96 Å². The van der Waals surface area contributed by atoms with Gasteiger partial charge in [0, 0.05) is 26.3 Å². The number of guanidine groups is 1. The normalized spacial score (nSPS) is 11.1. The van der Waals surface area contributed by atoms with E-state index in [-0.39, 0.29) is 24.0 Å². The van der Waals surface area contributed by atoms with Gasteiger partial charge in [-0.1, -0.05) is 32.0 Å². The third kappa shape index (κ3) is 12.4. The molecule has 0 spiro atoms. The van der Waals surface area contributed by atoms with Gasteiger partial charge in [0.25, 0.3) is 0 Å². The van der Waals surface area contributed by atoms with Crippen LogP contribution in [-0.2, 0) is 4.74 Å². The van der Waals surface area contributed by atoms with Crippen LogP contribution in [0.5, 0.6) is 5.75 Å². The van der Waals surface area contributed by atoms with Crippen LogP contribution in [0.4, 0.5) is 0 Å². The predicted octanol–water partition coefficient (Wildman–Crippen LogP) is 3.30. The van der Waals surface area contributed by atoms with Gasteiger partial charge in [-0.25, -0.2) is 0 Å². The van der Waals surface area contributed by atoms with Crippen molar-refractivity contribution in [1.29, 1.82) is 0 Å². The molecule has 1 aromatic rings. The monoisotopic (exact) mass is 449 g/mol. The van der Waals surface area contributed by atoms with Crippen LogP contribution < -0.4 is 15.4 Å². The number of benzene rings is 1. The highest BCUT2D eigenvalue weighted by Crippen LogP contribution is 2.07. The van der Waals surface area contributed by atoms with Crippen molar-refractivity contribution in [2.75, 3.05) is 39.5 Å². The van der Waals surface area contributed by atoms with Gasteiger partial charge in [0.2, 0.25) is 0 Å². The second kappa shape index (κ2) is 15.5. The van der Waals surface area contributed by atoms with E-state index < -0.39 is 0 Å². The molecule has 0 aromatic heterocycles. The fourth-order valence-electron chi connectivity index (χ4n) is 1.87. The molecule has 138 valence electrons. The van der Waals surface area contributed by atoms with E-state index in [1.54, 1.807) is 0 Å². The summed E-state index contributed by atoms with van der Waals surface area (Å²) in [6.07, 6.45) is 0.934. The van der Waals surface area contributed by atoms with E-state index in [1.165, 1.54) is 0 Å². The Labute approximate surface area is 163 Å². The molecule has 0 amide bonds. The molecule has 2 N–H and O–H groups in total. The van der Waals surface area contributed by atoms with E-state index in [4.69, 9.17) is 9.47 Å². The lowest BCUT2D eigenvalue weighted by atomic mass is 10.2. The molecule has 1 rings (SSSR count). The molecule has 5 nitrogen and oxygen atoms in total. The molecule has 24 heavy (non-hydrogen) atoms. The molecule has 0 aliphatic rings. The van der Waals surface area contributed by atoms with Crippen molar-refractivity contribution in [1.82, 2.24) is 10.6 Å². The van der Waals surface area contributed by atoms with Crippen LogP contribution >= 0.6 is 24.0 Å². The lowest BCUT2D eigenvalue weighted by molar-refractivity contribution is 0.109. The third-order valence-electron chi connectivity index (χ3n) is 2.92. The molecular formula is C18H32IN3O2. The fraction of sp³-hybridized carbons (Fsp3) is 0.611. The van der Waals surface area contributed by atoms with Crippen molar-refractivity contribution in [3.8, 4) is 5.75 Å². The van der Waals surface area contributed by atoms with Gasteiger partial charge in [0.05, 0.1) is 6.54 Å². The van der Waals surface area contributed by atoms with Gasteiger partial charge in [0.1, 0.15) is 12.4 Å². The molecule has 0 bridgehead atoms. The number of halogens is 1. The number of para-hydroxylation sites is 1. The molecule has 1 aromatic carbocycles. The number of rotatable bonds is 11. The summed E-state index contributed by atoms with van der Waals surface area (Å²) >= 11 is 0. The molecule has 0 saturated carbocycles. The van der Waals surface area contributed by atoms with E-state index in [0.717, 1.165) is 44.4 Å². The predicted molar refractivity (Wildman–Crippen MR) is 112 cm³/mol. The van der Waals surface area contributed by atoms with Crippen LogP contribution in [0, 0.1) is 5.92 Å². The molecule has 0 aliphatic carbocycles. The highest BCUT2D eigenvalue weighted by molar-refractivity contribution is 14.0. The Kier molecular flexibility index (Phi) is 14.8. The Hall–Kier alpha value is -1.02. The minimum absolute atomic E-state index is 0. The first-order valence-electron chi connectivity index (χ1n) is 8.50. The smallest absolute Gasteiger partial charge is 0.191 e. The lowest BCUT2D eigenvalue weighted by Crippen LogP contribution is -2.39. The minimum atomic E-state index is 0. The Balaban J connectivity index is 0.00000529. The van der Waals surface area contributed by atoms with Crippen LogP contribution in [0.1, 0.15) is 27.2 Å². The van der Waals surface area contributed by atoms with E-state index in [9.17, 15) is 0 Å². The van der Waals surface area contributed by atoms with Crippen molar-refractivity contribution in [2.45, 2.75) is 27.2 Å². The minimum Gasteiger partial charge on any atom is -0.492 e. The van der Waals surface area contributed by atoms with Crippen molar-refractivity contribution < 1.29 is 9.47 Å². The van der Waals surface area contributed by atoms with Crippen LogP contribution in [0.2, 0.25) is 0 Å². The average molecular weight is 449 g/mol. The summed E-state index contributed by atoms with van der Waals surface area (Å²) in [5.74, 6) is 2.30. The largest absolute Gasteiger partial charge is 0.492 e. The molecule has 0 fully saturated rings. The van der Waals surface area contributed by atoms with E-state index in [1.807, 2.05) is 30.3 Å². The molecule has 0 radical (unpaired) electrons. The molecular weight excluding hydrogens is 417 g/mol. The number of nitrogens with zero attached hydrogens (tertiary/aromatic N) is 1. The molecule has 6 heteroatoms. The number of hydrogen-bond acceptors (Lipinski definition) is 3. The standard InChI is InChI=1S/C18H31N3O2.HI/c1-4-19-18(20-11-8-13-22-15-16(2)3)21-12-14-23-17-9-6-5-7-10-17;/h5-7,9-10,16H,4,8,11-15H2,1-3H3,(H2,19,20,21);1H. The first-order chi connectivity index (χ1) is 11.2.